The molecule has 0 bridgehead atoms. The van der Waals surface area contributed by atoms with E-state index in [1.54, 1.807) is 7.11 Å². The van der Waals surface area contributed by atoms with Gasteiger partial charge in [0.05, 0.1) is 24.3 Å². The van der Waals surface area contributed by atoms with Gasteiger partial charge in [-0.2, -0.15) is 0 Å². The third kappa shape index (κ3) is 2.98. The molecule has 0 atom stereocenters. The Morgan fingerprint density at radius 2 is 2.11 bits per heavy atom. The van der Waals surface area contributed by atoms with Crippen LogP contribution in [0.2, 0.25) is 0 Å². The number of thiazole rings is 1. The summed E-state index contributed by atoms with van der Waals surface area (Å²) in [5.41, 5.74) is 7.74. The van der Waals surface area contributed by atoms with Crippen LogP contribution in [0, 0.1) is 6.92 Å². The van der Waals surface area contributed by atoms with E-state index in [1.165, 1.54) is 11.3 Å². The maximum atomic E-state index is 5.74. The van der Waals surface area contributed by atoms with Crippen molar-refractivity contribution >= 4 is 16.5 Å². The molecule has 0 radical (unpaired) electrons. The molecule has 0 amide bonds. The number of nitrogens with zero attached hydrogens (tertiary/aromatic N) is 1. The van der Waals surface area contributed by atoms with E-state index in [9.17, 15) is 0 Å². The SMILES string of the molecule is CCCOc1cc(-c2sc(N)nc2C)ccc1OC. The van der Waals surface area contributed by atoms with E-state index in [4.69, 9.17) is 15.2 Å². The van der Waals surface area contributed by atoms with Crippen LogP contribution in [0.4, 0.5) is 5.13 Å². The number of aromatic nitrogens is 1. The first-order valence-electron chi connectivity index (χ1n) is 6.19. The second kappa shape index (κ2) is 5.93. The van der Waals surface area contributed by atoms with Gasteiger partial charge in [-0.15, -0.1) is 0 Å². The molecule has 0 spiro atoms. The minimum Gasteiger partial charge on any atom is -0.493 e. The lowest BCUT2D eigenvalue weighted by molar-refractivity contribution is 0.294. The van der Waals surface area contributed by atoms with Gasteiger partial charge < -0.3 is 15.2 Å². The molecule has 0 fully saturated rings. The summed E-state index contributed by atoms with van der Waals surface area (Å²) in [5.74, 6) is 1.50. The molecule has 102 valence electrons. The van der Waals surface area contributed by atoms with Gasteiger partial charge in [-0.3, -0.25) is 0 Å². The Bertz CT molecular complexity index is 567. The third-order valence-corrected chi connectivity index (χ3v) is 3.74. The van der Waals surface area contributed by atoms with Crippen LogP contribution in [0.15, 0.2) is 18.2 Å². The van der Waals surface area contributed by atoms with Crippen LogP contribution in [0.1, 0.15) is 19.0 Å². The molecule has 0 aliphatic heterocycles. The molecule has 2 aromatic rings. The van der Waals surface area contributed by atoms with E-state index in [1.807, 2.05) is 25.1 Å². The molecular weight excluding hydrogens is 260 g/mol. The van der Waals surface area contributed by atoms with Gasteiger partial charge >= 0.3 is 0 Å². The van der Waals surface area contributed by atoms with Crippen molar-refractivity contribution in [3.63, 3.8) is 0 Å². The van der Waals surface area contributed by atoms with Crippen LogP contribution in [-0.2, 0) is 0 Å². The summed E-state index contributed by atoms with van der Waals surface area (Å²) in [5, 5.41) is 0.583. The first-order valence-corrected chi connectivity index (χ1v) is 7.01. The average molecular weight is 278 g/mol. The van der Waals surface area contributed by atoms with Crippen molar-refractivity contribution in [1.82, 2.24) is 4.98 Å². The number of ether oxygens (including phenoxy) is 2. The van der Waals surface area contributed by atoms with Crippen LogP contribution in [-0.4, -0.2) is 18.7 Å². The topological polar surface area (TPSA) is 57.4 Å². The quantitative estimate of drug-likeness (QED) is 0.909. The predicted octanol–water partition coefficient (Wildman–Crippen LogP) is 3.50. The van der Waals surface area contributed by atoms with Gasteiger partial charge in [0.15, 0.2) is 16.6 Å². The molecule has 0 saturated heterocycles. The van der Waals surface area contributed by atoms with Crippen molar-refractivity contribution in [2.24, 2.45) is 0 Å². The highest BCUT2D eigenvalue weighted by molar-refractivity contribution is 7.18. The number of nitrogen functional groups attached to an aromatic ring is 1. The van der Waals surface area contributed by atoms with Crippen LogP contribution in [0.5, 0.6) is 11.5 Å². The molecule has 2 rings (SSSR count). The minimum absolute atomic E-state index is 0.583. The predicted molar refractivity (Wildman–Crippen MR) is 79.0 cm³/mol. The van der Waals surface area contributed by atoms with Gasteiger partial charge in [-0.05, 0) is 37.1 Å². The molecule has 0 unspecified atom stereocenters. The average Bonchev–Trinajstić information content (AvgIpc) is 2.75. The Kier molecular flexibility index (Phi) is 4.27. The summed E-state index contributed by atoms with van der Waals surface area (Å²) < 4.78 is 11.0. The van der Waals surface area contributed by atoms with Gasteiger partial charge in [-0.25, -0.2) is 4.98 Å². The number of benzene rings is 1. The fourth-order valence-electron chi connectivity index (χ4n) is 1.83. The fourth-order valence-corrected chi connectivity index (χ4v) is 2.66. The van der Waals surface area contributed by atoms with E-state index in [-0.39, 0.29) is 0 Å². The first kappa shape index (κ1) is 13.7. The molecule has 1 heterocycles. The van der Waals surface area contributed by atoms with Crippen LogP contribution < -0.4 is 15.2 Å². The Morgan fingerprint density at radius 3 is 2.68 bits per heavy atom. The van der Waals surface area contributed by atoms with E-state index in [0.29, 0.717) is 11.7 Å². The summed E-state index contributed by atoms with van der Waals surface area (Å²) >= 11 is 1.48. The zero-order valence-electron chi connectivity index (χ0n) is 11.4. The lowest BCUT2D eigenvalue weighted by Gasteiger charge is -2.11. The summed E-state index contributed by atoms with van der Waals surface area (Å²) in [6.45, 7) is 4.70. The van der Waals surface area contributed by atoms with E-state index >= 15 is 0 Å². The molecule has 0 aliphatic rings. The number of nitrogens with two attached hydrogens (primary N) is 1. The maximum absolute atomic E-state index is 5.74. The highest BCUT2D eigenvalue weighted by Gasteiger charge is 2.12. The lowest BCUT2D eigenvalue weighted by atomic mass is 10.1. The Labute approximate surface area is 117 Å². The van der Waals surface area contributed by atoms with Crippen LogP contribution in [0.3, 0.4) is 0 Å². The van der Waals surface area contributed by atoms with Crippen molar-refractivity contribution in [3.05, 3.63) is 23.9 Å². The molecule has 2 N–H and O–H groups in total. The van der Waals surface area contributed by atoms with E-state index in [0.717, 1.165) is 34.1 Å². The van der Waals surface area contributed by atoms with Gasteiger partial charge in [-0.1, -0.05) is 18.3 Å². The van der Waals surface area contributed by atoms with Crippen molar-refractivity contribution < 1.29 is 9.47 Å². The molecule has 0 aliphatic carbocycles. The fraction of sp³-hybridized carbons (Fsp3) is 0.357. The number of anilines is 1. The molecule has 19 heavy (non-hydrogen) atoms. The number of methoxy groups -OCH3 is 1. The van der Waals surface area contributed by atoms with Crippen molar-refractivity contribution in [3.8, 4) is 21.9 Å². The van der Waals surface area contributed by atoms with E-state index in [2.05, 4.69) is 11.9 Å². The molecule has 1 aromatic heterocycles. The summed E-state index contributed by atoms with van der Waals surface area (Å²) in [4.78, 5) is 5.32. The summed E-state index contributed by atoms with van der Waals surface area (Å²) in [7, 11) is 1.64. The summed E-state index contributed by atoms with van der Waals surface area (Å²) in [6.07, 6.45) is 0.958. The Hall–Kier alpha value is -1.75. The molecule has 1 aromatic carbocycles. The number of rotatable bonds is 5. The monoisotopic (exact) mass is 278 g/mol. The number of hydrogen-bond donors (Lipinski definition) is 1. The Morgan fingerprint density at radius 1 is 1.32 bits per heavy atom. The highest BCUT2D eigenvalue weighted by Crippen LogP contribution is 2.37. The second-order valence-electron chi connectivity index (χ2n) is 4.18. The zero-order valence-corrected chi connectivity index (χ0v) is 12.2. The molecular formula is C14H18N2O2S. The Balaban J connectivity index is 2.39. The number of aryl methyl sites for hydroxylation is 1. The van der Waals surface area contributed by atoms with Gasteiger partial charge in [0, 0.05) is 0 Å². The van der Waals surface area contributed by atoms with Crippen molar-refractivity contribution in [2.75, 3.05) is 19.5 Å². The normalized spacial score (nSPS) is 10.5. The summed E-state index contributed by atoms with van der Waals surface area (Å²) in [6, 6.07) is 5.89. The van der Waals surface area contributed by atoms with Crippen molar-refractivity contribution in [2.45, 2.75) is 20.3 Å². The molecule has 0 saturated carbocycles. The first-order chi connectivity index (χ1) is 9.15. The minimum atomic E-state index is 0.583. The zero-order chi connectivity index (χ0) is 13.8. The van der Waals surface area contributed by atoms with Gasteiger partial charge in [0.1, 0.15) is 0 Å². The largest absolute Gasteiger partial charge is 0.493 e. The second-order valence-corrected chi connectivity index (χ2v) is 5.21. The molecule has 5 heteroatoms. The van der Waals surface area contributed by atoms with Gasteiger partial charge in [0.25, 0.3) is 0 Å². The van der Waals surface area contributed by atoms with Crippen molar-refractivity contribution in [1.29, 1.82) is 0 Å². The maximum Gasteiger partial charge on any atom is 0.180 e. The van der Waals surface area contributed by atoms with Crippen LogP contribution in [0.25, 0.3) is 10.4 Å². The number of hydrogen-bond acceptors (Lipinski definition) is 5. The third-order valence-electron chi connectivity index (χ3n) is 2.70. The lowest BCUT2D eigenvalue weighted by Crippen LogP contribution is -1.98. The standard InChI is InChI=1S/C14H18N2O2S/c1-4-7-18-12-8-10(5-6-11(12)17-3)13-9(2)16-14(15)19-13/h5-6,8H,4,7H2,1-3H3,(H2,15,16). The van der Waals surface area contributed by atoms with E-state index < -0.39 is 0 Å². The van der Waals surface area contributed by atoms with Crippen LogP contribution >= 0.6 is 11.3 Å². The smallest absolute Gasteiger partial charge is 0.180 e. The molecule has 4 nitrogen and oxygen atoms in total. The highest BCUT2D eigenvalue weighted by atomic mass is 32.1. The van der Waals surface area contributed by atoms with Gasteiger partial charge in [0.2, 0.25) is 0 Å².